The molecule has 0 aliphatic heterocycles. The number of allylic oxidation sites excluding steroid dienone is 1. The molecule has 3 N–H and O–H groups in total. The van der Waals surface area contributed by atoms with Crippen molar-refractivity contribution in [3.05, 3.63) is 53.4 Å². The number of amides is 1. The smallest absolute Gasteiger partial charge is 0.271 e. The molecule has 0 spiro atoms. The van der Waals surface area contributed by atoms with Gasteiger partial charge in [0.25, 0.3) is 5.91 Å². The van der Waals surface area contributed by atoms with E-state index in [2.05, 4.69) is 21.7 Å². The van der Waals surface area contributed by atoms with Gasteiger partial charge in [-0.15, -0.1) is 0 Å². The zero-order chi connectivity index (χ0) is 20.8. The van der Waals surface area contributed by atoms with Crippen LogP contribution in [0.1, 0.15) is 18.1 Å². The van der Waals surface area contributed by atoms with Crippen LogP contribution in [0.4, 0.5) is 11.5 Å². The van der Waals surface area contributed by atoms with Crippen LogP contribution in [0.2, 0.25) is 0 Å². The molecule has 1 amide bonds. The molecule has 0 aliphatic rings. The highest BCUT2D eigenvalue weighted by Gasteiger charge is 2.13. The van der Waals surface area contributed by atoms with Gasteiger partial charge in [-0.25, -0.2) is 4.98 Å². The Morgan fingerprint density at radius 2 is 2.04 bits per heavy atom. The Balaban J connectivity index is 2.40. The summed E-state index contributed by atoms with van der Waals surface area (Å²) in [7, 11) is 5.32. The third-order valence-corrected chi connectivity index (χ3v) is 4.09. The summed E-state index contributed by atoms with van der Waals surface area (Å²) in [5.41, 5.74) is 4.36. The first-order chi connectivity index (χ1) is 13.3. The number of likely N-dealkylation sites (N-methyl/N-ethyl adjacent to an activating group) is 1. The predicted molar refractivity (Wildman–Crippen MR) is 113 cm³/mol. The summed E-state index contributed by atoms with van der Waals surface area (Å²) in [6.07, 6.45) is 3.19. The second-order valence-electron chi connectivity index (χ2n) is 6.58. The van der Waals surface area contributed by atoms with Gasteiger partial charge in [0.15, 0.2) is 0 Å². The fourth-order valence-electron chi connectivity index (χ4n) is 2.72. The monoisotopic (exact) mass is 376 g/mol. The zero-order valence-corrected chi connectivity index (χ0v) is 16.7. The molecule has 0 fully saturated rings. The Kier molecular flexibility index (Phi) is 6.51. The van der Waals surface area contributed by atoms with Gasteiger partial charge in [-0.1, -0.05) is 6.07 Å². The number of aryl methyl sites for hydroxylation is 1. The van der Waals surface area contributed by atoms with Gasteiger partial charge in [0.05, 0.1) is 5.56 Å². The summed E-state index contributed by atoms with van der Waals surface area (Å²) >= 11 is 0. The fourth-order valence-corrected chi connectivity index (χ4v) is 2.72. The number of hydrogen-bond donors (Lipinski definition) is 3. The zero-order valence-electron chi connectivity index (χ0n) is 16.7. The Morgan fingerprint density at radius 3 is 2.61 bits per heavy atom. The van der Waals surface area contributed by atoms with Crippen molar-refractivity contribution in [2.24, 2.45) is 0 Å². The highest BCUT2D eigenvalue weighted by molar-refractivity contribution is 6.07. The van der Waals surface area contributed by atoms with E-state index >= 15 is 0 Å². The van der Waals surface area contributed by atoms with Crippen LogP contribution in [0.15, 0.2) is 42.2 Å². The first-order valence-electron chi connectivity index (χ1n) is 8.71. The average Bonchev–Trinajstić information content (AvgIpc) is 2.66. The highest BCUT2D eigenvalue weighted by atomic mass is 16.2. The van der Waals surface area contributed by atoms with Gasteiger partial charge >= 0.3 is 0 Å². The maximum Gasteiger partial charge on any atom is 0.271 e. The number of benzene rings is 1. The van der Waals surface area contributed by atoms with Crippen molar-refractivity contribution in [1.82, 2.24) is 10.3 Å². The van der Waals surface area contributed by atoms with Crippen LogP contribution < -0.4 is 15.5 Å². The fraction of sp³-hybridized carbons (Fsp3) is 0.238. The first kappa shape index (κ1) is 20.6. The van der Waals surface area contributed by atoms with Crippen LogP contribution in [0, 0.1) is 23.7 Å². The summed E-state index contributed by atoms with van der Waals surface area (Å²) in [5, 5.41) is 22.6. The molecule has 0 aliphatic carbocycles. The molecule has 144 valence electrons. The quantitative estimate of drug-likeness (QED) is 0.531. The minimum absolute atomic E-state index is 0.278. The molecular weight excluding hydrogens is 352 g/mol. The van der Waals surface area contributed by atoms with E-state index in [1.165, 1.54) is 6.08 Å². The summed E-state index contributed by atoms with van der Waals surface area (Å²) in [4.78, 5) is 18.6. The van der Waals surface area contributed by atoms with Gasteiger partial charge in [0.1, 0.15) is 17.6 Å². The van der Waals surface area contributed by atoms with E-state index in [1.54, 1.807) is 31.1 Å². The van der Waals surface area contributed by atoms with Crippen molar-refractivity contribution >= 4 is 23.1 Å². The minimum Gasteiger partial charge on any atom is -0.384 e. The Hall–Kier alpha value is -3.66. The number of carbonyl (C=O) groups is 1. The number of nitrogens with zero attached hydrogens (tertiary/aromatic N) is 3. The maximum absolute atomic E-state index is 12.4. The number of anilines is 2. The lowest BCUT2D eigenvalue weighted by atomic mass is 10.00. The lowest BCUT2D eigenvalue weighted by Gasteiger charge is -2.15. The summed E-state index contributed by atoms with van der Waals surface area (Å²) in [5.74, 6) is 0.280. The van der Waals surface area contributed by atoms with E-state index in [0.717, 1.165) is 16.7 Å². The molecule has 0 bridgehead atoms. The topological polar surface area (TPSA) is 105 Å². The molecular formula is C21H24N6O. The van der Waals surface area contributed by atoms with E-state index in [9.17, 15) is 10.1 Å². The summed E-state index contributed by atoms with van der Waals surface area (Å²) in [6.45, 7) is 3.57. The molecule has 7 heteroatoms. The van der Waals surface area contributed by atoms with Crippen molar-refractivity contribution in [2.45, 2.75) is 13.8 Å². The molecule has 0 saturated heterocycles. The van der Waals surface area contributed by atoms with Crippen molar-refractivity contribution in [3.63, 3.8) is 0 Å². The number of aromatic nitrogens is 1. The molecule has 1 aromatic heterocycles. The molecule has 7 nitrogen and oxygen atoms in total. The first-order valence-corrected chi connectivity index (χ1v) is 8.71. The van der Waals surface area contributed by atoms with Crippen LogP contribution in [-0.2, 0) is 4.79 Å². The van der Waals surface area contributed by atoms with Crippen LogP contribution >= 0.6 is 0 Å². The number of hydrogen-bond acceptors (Lipinski definition) is 6. The van der Waals surface area contributed by atoms with Crippen molar-refractivity contribution in [1.29, 1.82) is 10.7 Å². The van der Waals surface area contributed by atoms with E-state index < -0.39 is 0 Å². The maximum atomic E-state index is 12.4. The second-order valence-corrected chi connectivity index (χ2v) is 6.58. The lowest BCUT2D eigenvalue weighted by Crippen LogP contribution is -2.23. The normalized spacial score (nSPS) is 10.8. The second kappa shape index (κ2) is 8.82. The average molecular weight is 376 g/mol. The van der Waals surface area contributed by atoms with E-state index in [-0.39, 0.29) is 11.6 Å². The van der Waals surface area contributed by atoms with Crippen molar-refractivity contribution in [2.75, 3.05) is 31.4 Å². The van der Waals surface area contributed by atoms with Gasteiger partial charge in [0.2, 0.25) is 0 Å². The van der Waals surface area contributed by atoms with Gasteiger partial charge in [-0.3, -0.25) is 4.79 Å². The number of nitriles is 1. The minimum atomic E-state index is -0.331. The predicted octanol–water partition coefficient (Wildman–Crippen LogP) is 3.08. The SMILES string of the molecule is CN/C(=C\C(C)=N)C(=O)Nc1ccc(C)c(-c2cnc(N(C)C)c(C#N)c2)c1. The van der Waals surface area contributed by atoms with E-state index in [4.69, 9.17) is 5.41 Å². The number of nitrogens with one attached hydrogen (secondary N) is 3. The molecule has 2 aromatic rings. The standard InChI is InChI=1S/C21H24N6O/c1-13-6-7-17(26-21(28)19(24-3)8-14(2)23)10-18(13)16-9-15(11-22)20(25-12-16)27(4)5/h6-10,12,23-24H,1-5H3,(H,26,28)/b19-8-,23-14?. The van der Waals surface area contributed by atoms with Crippen LogP contribution in [-0.4, -0.2) is 37.7 Å². The van der Waals surface area contributed by atoms with Crippen molar-refractivity contribution in [3.8, 4) is 17.2 Å². The van der Waals surface area contributed by atoms with Crippen molar-refractivity contribution < 1.29 is 4.79 Å². The largest absolute Gasteiger partial charge is 0.384 e. The third kappa shape index (κ3) is 4.74. The number of rotatable bonds is 6. The summed E-state index contributed by atoms with van der Waals surface area (Å²) in [6, 6.07) is 9.55. The van der Waals surface area contributed by atoms with Crippen LogP contribution in [0.3, 0.4) is 0 Å². The molecule has 1 heterocycles. The molecule has 28 heavy (non-hydrogen) atoms. The molecule has 0 atom stereocenters. The molecule has 0 radical (unpaired) electrons. The van der Waals surface area contributed by atoms with Gasteiger partial charge in [-0.2, -0.15) is 5.26 Å². The number of carbonyl (C=O) groups excluding carboxylic acids is 1. The lowest BCUT2D eigenvalue weighted by molar-refractivity contribution is -0.113. The van der Waals surface area contributed by atoms with Gasteiger partial charge in [-0.05, 0) is 49.2 Å². The molecule has 0 unspecified atom stereocenters. The summed E-state index contributed by atoms with van der Waals surface area (Å²) < 4.78 is 0. The Bertz CT molecular complexity index is 985. The Morgan fingerprint density at radius 1 is 1.32 bits per heavy atom. The van der Waals surface area contributed by atoms with Gasteiger partial charge in [0, 0.05) is 44.3 Å². The Labute approximate surface area is 165 Å². The van der Waals surface area contributed by atoms with Crippen LogP contribution in [0.25, 0.3) is 11.1 Å². The molecule has 0 saturated carbocycles. The van der Waals surface area contributed by atoms with Crippen LogP contribution in [0.5, 0.6) is 0 Å². The third-order valence-electron chi connectivity index (χ3n) is 4.09. The van der Waals surface area contributed by atoms with E-state index in [1.807, 2.05) is 39.2 Å². The highest BCUT2D eigenvalue weighted by Crippen LogP contribution is 2.29. The van der Waals surface area contributed by atoms with Gasteiger partial charge < -0.3 is 20.9 Å². The molecule has 1 aromatic carbocycles. The van der Waals surface area contributed by atoms with E-state index in [0.29, 0.717) is 22.8 Å². The molecule has 2 rings (SSSR count). The number of pyridine rings is 1.